The molecule has 0 radical (unpaired) electrons. The van der Waals surface area contributed by atoms with Crippen LogP contribution in [-0.2, 0) is 18.7 Å². The zero-order chi connectivity index (χ0) is 19.0. The first-order chi connectivity index (χ1) is 10.6. The Kier molecular flexibility index (Phi) is 5.83. The van der Waals surface area contributed by atoms with Crippen LogP contribution in [0.2, 0.25) is 18.1 Å². The predicted octanol–water partition coefficient (Wildman–Crippen LogP) is 3.61. The van der Waals surface area contributed by atoms with Gasteiger partial charge < -0.3 is 19.2 Å². The maximum Gasteiger partial charge on any atom is 0.408 e. The van der Waals surface area contributed by atoms with E-state index in [4.69, 9.17) is 13.9 Å². The minimum atomic E-state index is -1.92. The highest BCUT2D eigenvalue weighted by atomic mass is 28.4. The summed E-state index contributed by atoms with van der Waals surface area (Å²) in [6, 6.07) is 0. The molecule has 1 aliphatic carbocycles. The molecule has 0 heterocycles. The predicted molar refractivity (Wildman–Crippen MR) is 95.4 cm³/mol. The molecular formula is C17H33NO5Si. The summed E-state index contributed by atoms with van der Waals surface area (Å²) in [7, 11) is -0.597. The summed E-state index contributed by atoms with van der Waals surface area (Å²) in [5.74, 6) is -0.455. The lowest BCUT2D eigenvalue weighted by Crippen LogP contribution is -2.67. The number of ether oxygens (including phenoxy) is 2. The highest BCUT2D eigenvalue weighted by Crippen LogP contribution is 2.43. The van der Waals surface area contributed by atoms with Crippen molar-refractivity contribution < 1.29 is 23.5 Å². The smallest absolute Gasteiger partial charge is 0.408 e. The molecule has 1 rings (SSSR count). The van der Waals surface area contributed by atoms with Gasteiger partial charge in [-0.1, -0.05) is 20.8 Å². The van der Waals surface area contributed by atoms with Crippen molar-refractivity contribution in [3.63, 3.8) is 0 Å². The van der Waals surface area contributed by atoms with Gasteiger partial charge >= 0.3 is 12.1 Å². The highest BCUT2D eigenvalue weighted by Gasteiger charge is 2.55. The van der Waals surface area contributed by atoms with Crippen molar-refractivity contribution in [1.82, 2.24) is 5.32 Å². The standard InChI is InChI=1S/C17H33NO5Si/c1-15(2,3)22-14(20)18-17(13(19)21-7)10-12(11-17)23-24(8,9)16(4,5)6/h12H,10-11H2,1-9H3,(H,18,20). The first-order valence-corrected chi connectivity index (χ1v) is 11.3. The number of rotatable bonds is 4. The lowest BCUT2D eigenvalue weighted by molar-refractivity contribution is -0.157. The van der Waals surface area contributed by atoms with Crippen LogP contribution in [0.1, 0.15) is 54.4 Å². The van der Waals surface area contributed by atoms with Crippen LogP contribution >= 0.6 is 0 Å². The third-order valence-electron chi connectivity index (χ3n) is 4.74. The highest BCUT2D eigenvalue weighted by molar-refractivity contribution is 6.74. The number of carbonyl (C=O) groups excluding carboxylic acids is 2. The van der Waals surface area contributed by atoms with E-state index in [9.17, 15) is 9.59 Å². The van der Waals surface area contributed by atoms with Crippen LogP contribution in [0.25, 0.3) is 0 Å². The Labute approximate surface area is 146 Å². The van der Waals surface area contributed by atoms with Gasteiger partial charge in [0.05, 0.1) is 13.2 Å². The molecule has 1 N–H and O–H groups in total. The van der Waals surface area contributed by atoms with Gasteiger partial charge in [0.25, 0.3) is 0 Å². The zero-order valence-corrected chi connectivity index (χ0v) is 17.5. The number of alkyl carbamates (subject to hydrolysis) is 1. The van der Waals surface area contributed by atoms with E-state index in [0.717, 1.165) is 0 Å². The van der Waals surface area contributed by atoms with Gasteiger partial charge in [-0.15, -0.1) is 0 Å². The number of nitrogens with one attached hydrogen (secondary N) is 1. The Hall–Kier alpha value is -1.08. The first-order valence-electron chi connectivity index (χ1n) is 8.39. The molecule has 0 atom stereocenters. The Balaban J connectivity index is 2.76. The summed E-state index contributed by atoms with van der Waals surface area (Å²) >= 11 is 0. The van der Waals surface area contributed by atoms with Crippen molar-refractivity contribution in [3.8, 4) is 0 Å². The van der Waals surface area contributed by atoms with E-state index in [2.05, 4.69) is 39.2 Å². The van der Waals surface area contributed by atoms with Gasteiger partial charge in [0, 0.05) is 12.8 Å². The van der Waals surface area contributed by atoms with E-state index in [-0.39, 0.29) is 11.1 Å². The summed E-state index contributed by atoms with van der Waals surface area (Å²) in [4.78, 5) is 24.3. The Bertz CT molecular complexity index is 484. The summed E-state index contributed by atoms with van der Waals surface area (Å²) in [5.41, 5.74) is -1.67. The van der Waals surface area contributed by atoms with Crippen LogP contribution in [0.15, 0.2) is 0 Å². The molecule has 1 saturated carbocycles. The van der Waals surface area contributed by atoms with Gasteiger partial charge in [-0.05, 0) is 38.9 Å². The van der Waals surface area contributed by atoms with Crippen LogP contribution < -0.4 is 5.32 Å². The van der Waals surface area contributed by atoms with E-state index in [1.165, 1.54) is 7.11 Å². The summed E-state index contributed by atoms with van der Waals surface area (Å²) < 4.78 is 16.5. The molecule has 0 unspecified atom stereocenters. The van der Waals surface area contributed by atoms with Crippen molar-refractivity contribution in [3.05, 3.63) is 0 Å². The van der Waals surface area contributed by atoms with Gasteiger partial charge in [-0.25, -0.2) is 9.59 Å². The molecular weight excluding hydrogens is 326 g/mol. The molecule has 0 saturated heterocycles. The molecule has 0 aromatic carbocycles. The molecule has 0 bridgehead atoms. The molecule has 1 fully saturated rings. The van der Waals surface area contributed by atoms with E-state index in [0.29, 0.717) is 12.8 Å². The molecule has 0 aromatic rings. The van der Waals surface area contributed by atoms with Crippen molar-refractivity contribution >= 4 is 20.4 Å². The maximum atomic E-state index is 12.2. The fourth-order valence-corrected chi connectivity index (χ4v) is 3.76. The Morgan fingerprint density at radius 2 is 1.58 bits per heavy atom. The second-order valence-corrected chi connectivity index (χ2v) is 13.9. The van der Waals surface area contributed by atoms with Crippen LogP contribution in [0.4, 0.5) is 4.79 Å². The first kappa shape index (κ1) is 21.0. The Morgan fingerprint density at radius 1 is 1.08 bits per heavy atom. The molecule has 1 aliphatic rings. The van der Waals surface area contributed by atoms with Gasteiger partial charge in [0.15, 0.2) is 8.32 Å². The van der Waals surface area contributed by atoms with Crippen LogP contribution in [0.3, 0.4) is 0 Å². The number of amides is 1. The topological polar surface area (TPSA) is 73.9 Å². The fraction of sp³-hybridized carbons (Fsp3) is 0.882. The van der Waals surface area contributed by atoms with Crippen molar-refractivity contribution in [1.29, 1.82) is 0 Å². The molecule has 0 aromatic heterocycles. The van der Waals surface area contributed by atoms with Gasteiger partial charge in [0.1, 0.15) is 11.1 Å². The maximum absolute atomic E-state index is 12.2. The van der Waals surface area contributed by atoms with E-state index in [1.54, 1.807) is 20.8 Å². The summed E-state index contributed by atoms with van der Waals surface area (Å²) in [5, 5.41) is 2.78. The zero-order valence-electron chi connectivity index (χ0n) is 16.5. The van der Waals surface area contributed by atoms with E-state index >= 15 is 0 Å². The van der Waals surface area contributed by atoms with Crippen LogP contribution in [-0.4, -0.2) is 44.7 Å². The Morgan fingerprint density at radius 3 is 1.96 bits per heavy atom. The van der Waals surface area contributed by atoms with Crippen molar-refractivity contribution in [2.24, 2.45) is 0 Å². The lowest BCUT2D eigenvalue weighted by Gasteiger charge is -2.49. The average molecular weight is 360 g/mol. The summed E-state index contributed by atoms with van der Waals surface area (Å²) in [6.07, 6.45) is 0.148. The largest absolute Gasteiger partial charge is 0.467 e. The minimum Gasteiger partial charge on any atom is -0.467 e. The van der Waals surface area contributed by atoms with Gasteiger partial charge in [-0.2, -0.15) is 0 Å². The number of methoxy groups -OCH3 is 1. The fourth-order valence-electron chi connectivity index (χ4n) is 2.41. The normalized spacial score (nSPS) is 24.8. The number of hydrogen-bond acceptors (Lipinski definition) is 5. The molecule has 7 heteroatoms. The van der Waals surface area contributed by atoms with Crippen molar-refractivity contribution in [2.45, 2.75) is 89.8 Å². The third-order valence-corrected chi connectivity index (χ3v) is 9.27. The summed E-state index contributed by atoms with van der Waals surface area (Å²) in [6.45, 7) is 16.2. The monoisotopic (exact) mass is 359 g/mol. The number of hydrogen-bond donors (Lipinski definition) is 1. The second-order valence-electron chi connectivity index (χ2n) is 9.11. The van der Waals surface area contributed by atoms with E-state index < -0.39 is 31.5 Å². The SMILES string of the molecule is COC(=O)C1(NC(=O)OC(C)(C)C)CC(O[Si](C)(C)C(C)(C)C)C1. The van der Waals surface area contributed by atoms with E-state index in [1.807, 2.05) is 0 Å². The third kappa shape index (κ3) is 4.96. The molecule has 0 aliphatic heterocycles. The minimum absolute atomic E-state index is 0.0556. The molecule has 1 amide bonds. The molecule has 140 valence electrons. The van der Waals surface area contributed by atoms with Crippen LogP contribution in [0, 0.1) is 0 Å². The van der Waals surface area contributed by atoms with Gasteiger partial charge in [0.2, 0.25) is 0 Å². The average Bonchev–Trinajstić information content (AvgIpc) is 2.30. The molecule has 6 nitrogen and oxygen atoms in total. The molecule has 24 heavy (non-hydrogen) atoms. The van der Waals surface area contributed by atoms with Gasteiger partial charge in [-0.3, -0.25) is 0 Å². The number of carbonyl (C=O) groups is 2. The lowest BCUT2D eigenvalue weighted by atomic mass is 9.74. The van der Waals surface area contributed by atoms with Crippen LogP contribution in [0.5, 0.6) is 0 Å². The van der Waals surface area contributed by atoms with Crippen molar-refractivity contribution in [2.75, 3.05) is 7.11 Å². The number of esters is 1. The molecule has 0 spiro atoms. The quantitative estimate of drug-likeness (QED) is 0.613. The second kappa shape index (κ2) is 6.67.